The molecule has 2 aromatic rings. The summed E-state index contributed by atoms with van der Waals surface area (Å²) in [6, 6.07) is 7.90. The van der Waals surface area contributed by atoms with Crippen molar-refractivity contribution in [3.05, 3.63) is 40.0 Å². The van der Waals surface area contributed by atoms with Gasteiger partial charge < -0.3 is 4.74 Å². The second-order valence-corrected chi connectivity index (χ2v) is 4.69. The minimum absolute atomic E-state index is 0.635. The Balaban J connectivity index is 2.52. The summed E-state index contributed by atoms with van der Waals surface area (Å²) in [7, 11) is 1.63. The number of rotatable bonds is 2. The molecule has 0 spiro atoms. The van der Waals surface area contributed by atoms with Crippen molar-refractivity contribution < 1.29 is 4.74 Å². The fourth-order valence-electron chi connectivity index (χ4n) is 1.53. The number of ether oxygens (including phenoxy) is 1. The number of aryl methyl sites for hydroxylation is 1. The van der Waals surface area contributed by atoms with Crippen molar-refractivity contribution in [1.29, 1.82) is 0 Å². The van der Waals surface area contributed by atoms with Crippen molar-refractivity contribution in [3.63, 3.8) is 0 Å². The highest BCUT2D eigenvalue weighted by Gasteiger charge is 2.09. The van der Waals surface area contributed by atoms with Crippen LogP contribution in [0.4, 0.5) is 0 Å². The van der Waals surface area contributed by atoms with Crippen molar-refractivity contribution in [1.82, 2.24) is 9.97 Å². The highest BCUT2D eigenvalue weighted by atomic mass is 79.9. The number of nitrogens with zero attached hydrogens (tertiary/aromatic N) is 2. The molecule has 0 N–H and O–H groups in total. The van der Waals surface area contributed by atoms with Crippen molar-refractivity contribution in [2.75, 3.05) is 7.11 Å². The van der Waals surface area contributed by atoms with Gasteiger partial charge in [-0.1, -0.05) is 28.1 Å². The average Bonchev–Trinajstić information content (AvgIpc) is 2.33. The monoisotopic (exact) mass is 292 g/mol. The summed E-state index contributed by atoms with van der Waals surface area (Å²) in [6.45, 7) is 3.92. The number of halogens is 1. The van der Waals surface area contributed by atoms with Gasteiger partial charge in [0.25, 0.3) is 0 Å². The van der Waals surface area contributed by atoms with Gasteiger partial charge in [-0.15, -0.1) is 0 Å². The summed E-state index contributed by atoms with van der Waals surface area (Å²) in [4.78, 5) is 8.88. The van der Waals surface area contributed by atoms with Gasteiger partial charge >= 0.3 is 0 Å². The Labute approximate surface area is 109 Å². The SMILES string of the molecule is COc1nc(-c2ccc(Br)cc2)nc(C)c1C. The average molecular weight is 293 g/mol. The molecule has 1 heterocycles. The lowest BCUT2D eigenvalue weighted by atomic mass is 10.2. The van der Waals surface area contributed by atoms with E-state index in [4.69, 9.17) is 4.74 Å². The molecule has 0 aliphatic rings. The topological polar surface area (TPSA) is 35.0 Å². The number of methoxy groups -OCH3 is 1. The van der Waals surface area contributed by atoms with Crippen LogP contribution < -0.4 is 4.74 Å². The van der Waals surface area contributed by atoms with Crippen LogP contribution in [0.25, 0.3) is 11.4 Å². The third kappa shape index (κ3) is 2.47. The summed E-state index contributed by atoms with van der Waals surface area (Å²) in [5.74, 6) is 1.33. The maximum absolute atomic E-state index is 5.25. The van der Waals surface area contributed by atoms with Crippen LogP contribution in [0.3, 0.4) is 0 Å². The molecule has 17 heavy (non-hydrogen) atoms. The molecule has 0 bridgehead atoms. The third-order valence-corrected chi connectivity index (χ3v) is 3.17. The minimum atomic E-state index is 0.635. The van der Waals surface area contributed by atoms with Gasteiger partial charge in [0.15, 0.2) is 5.82 Å². The van der Waals surface area contributed by atoms with Gasteiger partial charge in [0.1, 0.15) is 0 Å². The molecule has 2 rings (SSSR count). The van der Waals surface area contributed by atoms with Crippen molar-refractivity contribution >= 4 is 15.9 Å². The largest absolute Gasteiger partial charge is 0.481 e. The molecule has 0 aliphatic heterocycles. The molecule has 0 atom stereocenters. The van der Waals surface area contributed by atoms with E-state index in [1.165, 1.54) is 0 Å². The number of aromatic nitrogens is 2. The van der Waals surface area contributed by atoms with Crippen LogP contribution in [-0.4, -0.2) is 17.1 Å². The van der Waals surface area contributed by atoms with Crippen LogP contribution in [0.1, 0.15) is 11.3 Å². The van der Waals surface area contributed by atoms with Crippen LogP contribution in [0.5, 0.6) is 5.88 Å². The van der Waals surface area contributed by atoms with Crippen LogP contribution in [0, 0.1) is 13.8 Å². The summed E-state index contributed by atoms with van der Waals surface area (Å²) < 4.78 is 6.29. The van der Waals surface area contributed by atoms with Crippen molar-refractivity contribution in [2.45, 2.75) is 13.8 Å². The molecule has 0 saturated heterocycles. The second kappa shape index (κ2) is 4.84. The Morgan fingerprint density at radius 2 is 1.71 bits per heavy atom. The van der Waals surface area contributed by atoms with Crippen molar-refractivity contribution in [2.24, 2.45) is 0 Å². The number of benzene rings is 1. The molecule has 3 nitrogen and oxygen atoms in total. The minimum Gasteiger partial charge on any atom is -0.481 e. The normalized spacial score (nSPS) is 10.4. The van der Waals surface area contributed by atoms with Crippen LogP contribution in [0.15, 0.2) is 28.7 Å². The first-order valence-corrected chi connectivity index (χ1v) is 6.06. The Kier molecular flexibility index (Phi) is 3.43. The molecule has 0 saturated carbocycles. The molecule has 0 amide bonds. The van der Waals surface area contributed by atoms with Crippen molar-refractivity contribution in [3.8, 4) is 17.3 Å². The van der Waals surface area contributed by atoms with Gasteiger partial charge in [-0.2, -0.15) is 4.98 Å². The maximum Gasteiger partial charge on any atom is 0.219 e. The van der Waals surface area contributed by atoms with E-state index in [9.17, 15) is 0 Å². The van der Waals surface area contributed by atoms with E-state index in [2.05, 4.69) is 25.9 Å². The highest BCUT2D eigenvalue weighted by molar-refractivity contribution is 9.10. The highest BCUT2D eigenvalue weighted by Crippen LogP contribution is 2.23. The smallest absolute Gasteiger partial charge is 0.219 e. The summed E-state index contributed by atoms with van der Waals surface area (Å²) in [5.41, 5.74) is 2.90. The lowest BCUT2D eigenvalue weighted by molar-refractivity contribution is 0.393. The van der Waals surface area contributed by atoms with Gasteiger partial charge in [0.05, 0.1) is 7.11 Å². The Hall–Kier alpha value is -1.42. The Morgan fingerprint density at radius 1 is 1.06 bits per heavy atom. The zero-order valence-corrected chi connectivity index (χ0v) is 11.6. The number of hydrogen-bond donors (Lipinski definition) is 0. The van der Waals surface area contributed by atoms with E-state index in [0.717, 1.165) is 21.3 Å². The predicted octanol–water partition coefficient (Wildman–Crippen LogP) is 3.53. The van der Waals surface area contributed by atoms with Gasteiger partial charge in [0.2, 0.25) is 5.88 Å². The quantitative estimate of drug-likeness (QED) is 0.849. The fraction of sp³-hybridized carbons (Fsp3) is 0.231. The molecule has 0 unspecified atom stereocenters. The Morgan fingerprint density at radius 3 is 2.29 bits per heavy atom. The first kappa shape index (κ1) is 12.0. The van der Waals surface area contributed by atoms with E-state index in [-0.39, 0.29) is 0 Å². The second-order valence-electron chi connectivity index (χ2n) is 3.77. The summed E-state index contributed by atoms with van der Waals surface area (Å²) in [5, 5.41) is 0. The zero-order chi connectivity index (χ0) is 12.4. The lowest BCUT2D eigenvalue weighted by Crippen LogP contribution is -2.00. The van der Waals surface area contributed by atoms with Crippen LogP contribution in [-0.2, 0) is 0 Å². The van der Waals surface area contributed by atoms with Crippen LogP contribution in [0.2, 0.25) is 0 Å². The van der Waals surface area contributed by atoms with Gasteiger partial charge in [0, 0.05) is 21.3 Å². The Bertz CT molecular complexity index is 538. The van der Waals surface area contributed by atoms with Crippen LogP contribution >= 0.6 is 15.9 Å². The van der Waals surface area contributed by atoms with E-state index >= 15 is 0 Å². The number of hydrogen-bond acceptors (Lipinski definition) is 3. The van der Waals surface area contributed by atoms with E-state index < -0.39 is 0 Å². The predicted molar refractivity (Wildman–Crippen MR) is 71.2 cm³/mol. The van der Waals surface area contributed by atoms with Gasteiger partial charge in [-0.25, -0.2) is 4.98 Å². The zero-order valence-electron chi connectivity index (χ0n) is 9.99. The lowest BCUT2D eigenvalue weighted by Gasteiger charge is -2.08. The first-order chi connectivity index (χ1) is 8.11. The molecular weight excluding hydrogens is 280 g/mol. The summed E-state index contributed by atoms with van der Waals surface area (Å²) in [6.07, 6.45) is 0. The van der Waals surface area contributed by atoms with E-state index in [1.807, 2.05) is 38.1 Å². The molecule has 4 heteroatoms. The maximum atomic E-state index is 5.25. The van der Waals surface area contributed by atoms with Gasteiger partial charge in [-0.05, 0) is 26.0 Å². The third-order valence-electron chi connectivity index (χ3n) is 2.64. The summed E-state index contributed by atoms with van der Waals surface area (Å²) >= 11 is 3.41. The fourth-order valence-corrected chi connectivity index (χ4v) is 1.79. The first-order valence-electron chi connectivity index (χ1n) is 5.27. The van der Waals surface area contributed by atoms with E-state index in [1.54, 1.807) is 7.11 Å². The molecule has 0 fully saturated rings. The molecular formula is C13H13BrN2O. The van der Waals surface area contributed by atoms with Gasteiger partial charge in [-0.3, -0.25) is 0 Å². The molecule has 0 radical (unpaired) electrons. The molecule has 88 valence electrons. The molecule has 1 aromatic carbocycles. The molecule has 0 aliphatic carbocycles. The van der Waals surface area contributed by atoms with E-state index in [0.29, 0.717) is 11.7 Å². The molecule has 1 aromatic heterocycles. The standard InChI is InChI=1S/C13H13BrN2O/c1-8-9(2)15-12(16-13(8)17-3)10-4-6-11(14)7-5-10/h4-7H,1-3H3.